The minimum Gasteiger partial charge on any atom is -0.486 e. The van der Waals surface area contributed by atoms with Gasteiger partial charge in [-0.15, -0.1) is 0 Å². The number of hydrogen-bond acceptors (Lipinski definition) is 3. The standard InChI is InChI=1S/C14H16FNO2/c1-2-16-9-11-6-7-17-14(11)10-18-13-5-3-4-12(15)8-13/h3-8,16H,2,9-10H2,1H3. The van der Waals surface area contributed by atoms with Gasteiger partial charge in [0.05, 0.1) is 6.26 Å². The Balaban J connectivity index is 1.95. The number of nitrogens with one attached hydrogen (secondary N) is 1. The van der Waals surface area contributed by atoms with Crippen LogP contribution in [-0.2, 0) is 13.2 Å². The first-order valence-electron chi connectivity index (χ1n) is 5.94. The van der Waals surface area contributed by atoms with Crippen LogP contribution in [0.4, 0.5) is 4.39 Å². The normalized spacial score (nSPS) is 10.6. The topological polar surface area (TPSA) is 34.4 Å². The Morgan fingerprint density at radius 2 is 2.22 bits per heavy atom. The molecule has 0 aliphatic carbocycles. The number of rotatable bonds is 6. The van der Waals surface area contributed by atoms with Crippen molar-refractivity contribution in [2.24, 2.45) is 0 Å². The Bertz CT molecular complexity index is 496. The van der Waals surface area contributed by atoms with E-state index in [4.69, 9.17) is 9.15 Å². The van der Waals surface area contributed by atoms with Crippen LogP contribution < -0.4 is 10.1 Å². The third kappa shape index (κ3) is 3.34. The van der Waals surface area contributed by atoms with Crippen LogP contribution in [0.15, 0.2) is 41.0 Å². The first-order chi connectivity index (χ1) is 8.79. The van der Waals surface area contributed by atoms with Gasteiger partial charge >= 0.3 is 0 Å². The van der Waals surface area contributed by atoms with Crippen LogP contribution in [0.25, 0.3) is 0 Å². The lowest BCUT2D eigenvalue weighted by Crippen LogP contribution is -2.12. The molecule has 1 aromatic carbocycles. The smallest absolute Gasteiger partial charge is 0.146 e. The molecule has 0 aliphatic rings. The molecule has 96 valence electrons. The van der Waals surface area contributed by atoms with Crippen molar-refractivity contribution in [1.82, 2.24) is 5.32 Å². The molecule has 1 aromatic heterocycles. The molecule has 1 N–H and O–H groups in total. The Morgan fingerprint density at radius 1 is 1.33 bits per heavy atom. The van der Waals surface area contributed by atoms with E-state index in [0.717, 1.165) is 24.4 Å². The summed E-state index contributed by atoms with van der Waals surface area (Å²) in [6, 6.07) is 7.98. The van der Waals surface area contributed by atoms with Crippen molar-refractivity contribution < 1.29 is 13.5 Å². The summed E-state index contributed by atoms with van der Waals surface area (Å²) < 4.78 is 23.8. The van der Waals surface area contributed by atoms with E-state index in [0.29, 0.717) is 12.4 Å². The zero-order valence-corrected chi connectivity index (χ0v) is 10.3. The third-order valence-corrected chi connectivity index (χ3v) is 2.57. The molecule has 3 nitrogen and oxygen atoms in total. The van der Waals surface area contributed by atoms with Crippen LogP contribution in [-0.4, -0.2) is 6.54 Å². The fraction of sp³-hybridized carbons (Fsp3) is 0.286. The van der Waals surface area contributed by atoms with Crippen molar-refractivity contribution in [1.29, 1.82) is 0 Å². The summed E-state index contributed by atoms with van der Waals surface area (Å²) in [7, 11) is 0. The van der Waals surface area contributed by atoms with Crippen LogP contribution in [0.5, 0.6) is 5.75 Å². The first kappa shape index (κ1) is 12.6. The minimum atomic E-state index is -0.306. The lowest BCUT2D eigenvalue weighted by Gasteiger charge is -2.06. The molecule has 0 atom stereocenters. The van der Waals surface area contributed by atoms with Gasteiger partial charge in [-0.3, -0.25) is 0 Å². The summed E-state index contributed by atoms with van der Waals surface area (Å²) in [6.07, 6.45) is 1.64. The highest BCUT2D eigenvalue weighted by Crippen LogP contribution is 2.16. The van der Waals surface area contributed by atoms with Gasteiger partial charge in [0.15, 0.2) is 0 Å². The minimum absolute atomic E-state index is 0.303. The predicted molar refractivity (Wildman–Crippen MR) is 66.8 cm³/mol. The third-order valence-electron chi connectivity index (χ3n) is 2.57. The van der Waals surface area contributed by atoms with E-state index in [1.165, 1.54) is 12.1 Å². The summed E-state index contributed by atoms with van der Waals surface area (Å²) in [4.78, 5) is 0. The second-order valence-electron chi connectivity index (χ2n) is 3.90. The molecule has 4 heteroatoms. The Kier molecular flexibility index (Phi) is 4.36. The second-order valence-corrected chi connectivity index (χ2v) is 3.90. The zero-order valence-electron chi connectivity index (χ0n) is 10.3. The van der Waals surface area contributed by atoms with Gasteiger partial charge in [0.25, 0.3) is 0 Å². The van der Waals surface area contributed by atoms with Crippen LogP contribution >= 0.6 is 0 Å². The lowest BCUT2D eigenvalue weighted by molar-refractivity contribution is 0.267. The molecule has 2 rings (SSSR count). The number of hydrogen-bond donors (Lipinski definition) is 1. The average Bonchev–Trinajstić information content (AvgIpc) is 2.81. The van der Waals surface area contributed by atoms with Crippen LogP contribution in [0.3, 0.4) is 0 Å². The molecule has 2 aromatic rings. The van der Waals surface area contributed by atoms with E-state index in [1.807, 2.05) is 13.0 Å². The van der Waals surface area contributed by atoms with Gasteiger partial charge in [0.2, 0.25) is 0 Å². The number of ether oxygens (including phenoxy) is 1. The first-order valence-corrected chi connectivity index (χ1v) is 5.94. The zero-order chi connectivity index (χ0) is 12.8. The number of halogens is 1. The molecular weight excluding hydrogens is 233 g/mol. The maximum atomic E-state index is 13.0. The highest BCUT2D eigenvalue weighted by molar-refractivity contribution is 5.23. The SMILES string of the molecule is CCNCc1ccoc1COc1cccc(F)c1. The summed E-state index contributed by atoms with van der Waals surface area (Å²) in [6.45, 7) is 3.99. The monoisotopic (exact) mass is 249 g/mol. The fourth-order valence-corrected chi connectivity index (χ4v) is 1.62. The highest BCUT2D eigenvalue weighted by atomic mass is 19.1. The van der Waals surface area contributed by atoms with Crippen LogP contribution in [0, 0.1) is 5.82 Å². The average molecular weight is 249 g/mol. The van der Waals surface area contributed by atoms with Crippen molar-refractivity contribution in [3.63, 3.8) is 0 Å². The molecule has 18 heavy (non-hydrogen) atoms. The summed E-state index contributed by atoms with van der Waals surface area (Å²) in [5.74, 6) is 0.959. The van der Waals surface area contributed by atoms with E-state index in [2.05, 4.69) is 5.32 Å². The molecule has 0 fully saturated rings. The van der Waals surface area contributed by atoms with Gasteiger partial charge in [-0.25, -0.2) is 4.39 Å². The Labute approximate surface area is 106 Å². The van der Waals surface area contributed by atoms with Crippen molar-refractivity contribution >= 4 is 0 Å². The molecule has 1 heterocycles. The van der Waals surface area contributed by atoms with Crippen LogP contribution in [0.2, 0.25) is 0 Å². The fourth-order valence-electron chi connectivity index (χ4n) is 1.62. The van der Waals surface area contributed by atoms with E-state index >= 15 is 0 Å². The Hall–Kier alpha value is -1.81. The molecule has 0 radical (unpaired) electrons. The van der Waals surface area contributed by atoms with Gasteiger partial charge in [-0.2, -0.15) is 0 Å². The molecule has 0 saturated carbocycles. The van der Waals surface area contributed by atoms with Crippen molar-refractivity contribution in [3.05, 3.63) is 53.7 Å². The Morgan fingerprint density at radius 3 is 3.00 bits per heavy atom. The van der Waals surface area contributed by atoms with Crippen LogP contribution in [0.1, 0.15) is 18.2 Å². The van der Waals surface area contributed by atoms with E-state index in [1.54, 1.807) is 18.4 Å². The number of benzene rings is 1. The van der Waals surface area contributed by atoms with Gasteiger partial charge in [-0.1, -0.05) is 13.0 Å². The van der Waals surface area contributed by atoms with Crippen molar-refractivity contribution in [2.45, 2.75) is 20.1 Å². The summed E-state index contributed by atoms with van der Waals surface area (Å²) in [5, 5.41) is 3.22. The van der Waals surface area contributed by atoms with Crippen molar-refractivity contribution in [3.8, 4) is 5.75 Å². The molecule has 0 amide bonds. The molecule has 0 aliphatic heterocycles. The quantitative estimate of drug-likeness (QED) is 0.854. The maximum absolute atomic E-state index is 13.0. The lowest BCUT2D eigenvalue weighted by atomic mass is 10.2. The van der Waals surface area contributed by atoms with E-state index in [-0.39, 0.29) is 5.82 Å². The molecule has 0 saturated heterocycles. The molecule has 0 bridgehead atoms. The summed E-state index contributed by atoms with van der Waals surface area (Å²) in [5.41, 5.74) is 1.06. The largest absolute Gasteiger partial charge is 0.486 e. The molecule has 0 spiro atoms. The maximum Gasteiger partial charge on any atom is 0.146 e. The van der Waals surface area contributed by atoms with E-state index in [9.17, 15) is 4.39 Å². The van der Waals surface area contributed by atoms with Gasteiger partial charge in [0.1, 0.15) is 23.9 Å². The van der Waals surface area contributed by atoms with E-state index < -0.39 is 0 Å². The van der Waals surface area contributed by atoms with Gasteiger partial charge in [0, 0.05) is 18.2 Å². The summed E-state index contributed by atoms with van der Waals surface area (Å²) >= 11 is 0. The predicted octanol–water partition coefficient (Wildman–Crippen LogP) is 3.11. The number of furan rings is 1. The molecular formula is C14H16FNO2. The van der Waals surface area contributed by atoms with Crippen molar-refractivity contribution in [2.75, 3.05) is 6.54 Å². The second kappa shape index (κ2) is 6.21. The highest BCUT2D eigenvalue weighted by Gasteiger charge is 2.07. The molecule has 0 unspecified atom stereocenters. The van der Waals surface area contributed by atoms with Gasteiger partial charge in [-0.05, 0) is 24.7 Å². The van der Waals surface area contributed by atoms with Gasteiger partial charge < -0.3 is 14.5 Å².